The van der Waals surface area contributed by atoms with Gasteiger partial charge in [0.15, 0.2) is 0 Å². The highest BCUT2D eigenvalue weighted by molar-refractivity contribution is 7.89. The van der Waals surface area contributed by atoms with Crippen molar-refractivity contribution < 1.29 is 17.2 Å². The first-order chi connectivity index (χ1) is 11.9. The van der Waals surface area contributed by atoms with Crippen molar-refractivity contribution in [3.8, 4) is 11.3 Å². The average molecular weight is 369 g/mol. The lowest BCUT2D eigenvalue weighted by molar-refractivity contribution is 0.370. The average Bonchev–Trinajstić information content (AvgIpc) is 3.04. The minimum atomic E-state index is -3.18. The zero-order chi connectivity index (χ0) is 18.0. The molecular weight excluding hydrogens is 348 g/mol. The quantitative estimate of drug-likeness (QED) is 0.849. The Balaban J connectivity index is 1.66. The van der Waals surface area contributed by atoms with E-state index < -0.39 is 21.7 Å². The Bertz CT molecular complexity index is 823. The zero-order valence-electron chi connectivity index (χ0n) is 13.9. The second-order valence-electron chi connectivity index (χ2n) is 6.44. The van der Waals surface area contributed by atoms with E-state index in [1.807, 2.05) is 6.07 Å². The Labute approximate surface area is 145 Å². The van der Waals surface area contributed by atoms with E-state index in [9.17, 15) is 17.2 Å². The van der Waals surface area contributed by atoms with Gasteiger partial charge in [0.25, 0.3) is 0 Å². The van der Waals surface area contributed by atoms with Crippen molar-refractivity contribution in [2.45, 2.75) is 44.6 Å². The van der Waals surface area contributed by atoms with Crippen LogP contribution < -0.4 is 4.72 Å². The van der Waals surface area contributed by atoms with Crippen molar-refractivity contribution in [3.63, 3.8) is 0 Å². The minimum absolute atomic E-state index is 0.0269. The van der Waals surface area contributed by atoms with Crippen molar-refractivity contribution in [1.29, 1.82) is 0 Å². The fourth-order valence-electron chi connectivity index (χ4n) is 3.25. The lowest BCUT2D eigenvalue weighted by Crippen LogP contribution is -2.38. The van der Waals surface area contributed by atoms with Gasteiger partial charge in [-0.15, -0.1) is 0 Å². The molecule has 0 radical (unpaired) electrons. The molecular formula is C17H21F2N3O2S. The van der Waals surface area contributed by atoms with Crippen LogP contribution in [0, 0.1) is 11.6 Å². The molecule has 1 aromatic carbocycles. The summed E-state index contributed by atoms with van der Waals surface area (Å²) in [5.74, 6) is -0.949. The van der Waals surface area contributed by atoms with Gasteiger partial charge in [0.05, 0.1) is 11.4 Å². The largest absolute Gasteiger partial charge is 0.282 e. The molecule has 0 bridgehead atoms. The van der Waals surface area contributed by atoms with Crippen molar-refractivity contribution in [2.24, 2.45) is 0 Å². The normalized spacial score (nSPS) is 21.4. The molecule has 0 amide bonds. The van der Waals surface area contributed by atoms with Gasteiger partial charge in [-0.05, 0) is 50.8 Å². The molecule has 1 saturated carbocycles. The molecule has 0 unspecified atom stereocenters. The van der Waals surface area contributed by atoms with Crippen LogP contribution in [0.25, 0.3) is 11.3 Å². The molecule has 25 heavy (non-hydrogen) atoms. The third-order valence-electron chi connectivity index (χ3n) is 4.65. The fourth-order valence-corrected chi connectivity index (χ4v) is 4.17. The van der Waals surface area contributed by atoms with Crippen LogP contribution in [-0.2, 0) is 10.0 Å². The van der Waals surface area contributed by atoms with Crippen LogP contribution in [0.15, 0.2) is 24.3 Å². The zero-order valence-corrected chi connectivity index (χ0v) is 14.7. The third-order valence-corrected chi connectivity index (χ3v) is 6.10. The van der Waals surface area contributed by atoms with E-state index in [-0.39, 0.29) is 17.7 Å². The van der Waals surface area contributed by atoms with Gasteiger partial charge in [0, 0.05) is 29.3 Å². The molecule has 2 N–H and O–H groups in total. The number of hydrogen-bond acceptors (Lipinski definition) is 3. The summed E-state index contributed by atoms with van der Waals surface area (Å²) < 4.78 is 52.7. The monoisotopic (exact) mass is 369 g/mol. The van der Waals surface area contributed by atoms with Gasteiger partial charge in [0.2, 0.25) is 10.0 Å². The number of nitrogens with zero attached hydrogens (tertiary/aromatic N) is 1. The Hall–Kier alpha value is -1.80. The first kappa shape index (κ1) is 18.0. The number of benzene rings is 1. The smallest absolute Gasteiger partial charge is 0.211 e. The number of aromatic amines is 1. The van der Waals surface area contributed by atoms with E-state index in [1.54, 1.807) is 6.92 Å². The maximum atomic E-state index is 13.3. The van der Waals surface area contributed by atoms with E-state index in [0.717, 1.165) is 37.4 Å². The summed E-state index contributed by atoms with van der Waals surface area (Å²) in [6.45, 7) is 1.62. The van der Waals surface area contributed by atoms with Crippen LogP contribution in [0.3, 0.4) is 0 Å². The summed E-state index contributed by atoms with van der Waals surface area (Å²) in [7, 11) is -3.18. The Kier molecular flexibility index (Phi) is 5.19. The van der Waals surface area contributed by atoms with E-state index in [4.69, 9.17) is 0 Å². The molecule has 0 saturated heterocycles. The highest BCUT2D eigenvalue weighted by Crippen LogP contribution is 2.33. The molecule has 0 atom stereocenters. The lowest BCUT2D eigenvalue weighted by atomic mass is 9.84. The fraction of sp³-hybridized carbons (Fsp3) is 0.471. The number of halogens is 2. The first-order valence-corrected chi connectivity index (χ1v) is 10.0. The molecule has 3 rings (SSSR count). The van der Waals surface area contributed by atoms with Crippen LogP contribution >= 0.6 is 0 Å². The van der Waals surface area contributed by atoms with Crippen molar-refractivity contribution in [2.75, 3.05) is 5.75 Å². The maximum Gasteiger partial charge on any atom is 0.211 e. The second-order valence-corrected chi connectivity index (χ2v) is 8.48. The Morgan fingerprint density at radius 3 is 2.36 bits per heavy atom. The lowest BCUT2D eigenvalue weighted by Gasteiger charge is -2.28. The maximum absolute atomic E-state index is 13.3. The summed E-state index contributed by atoms with van der Waals surface area (Å²) >= 11 is 0. The Morgan fingerprint density at radius 1 is 1.12 bits per heavy atom. The van der Waals surface area contributed by atoms with Crippen LogP contribution in [0.5, 0.6) is 0 Å². The molecule has 2 aromatic rings. The van der Waals surface area contributed by atoms with Gasteiger partial charge in [-0.3, -0.25) is 5.10 Å². The van der Waals surface area contributed by atoms with E-state index in [2.05, 4.69) is 14.9 Å². The molecule has 0 aliphatic heterocycles. The van der Waals surface area contributed by atoms with Crippen LogP contribution in [0.4, 0.5) is 8.78 Å². The summed E-state index contributed by atoms with van der Waals surface area (Å²) in [4.78, 5) is 0. The van der Waals surface area contributed by atoms with Gasteiger partial charge in [-0.1, -0.05) is 0 Å². The van der Waals surface area contributed by atoms with Gasteiger partial charge < -0.3 is 0 Å². The van der Waals surface area contributed by atoms with Crippen LogP contribution in [0.1, 0.15) is 44.2 Å². The number of H-pyrrole nitrogens is 1. The van der Waals surface area contributed by atoms with Crippen LogP contribution in [0.2, 0.25) is 0 Å². The van der Waals surface area contributed by atoms with E-state index in [0.29, 0.717) is 11.3 Å². The topological polar surface area (TPSA) is 74.8 Å². The molecule has 1 aromatic heterocycles. The van der Waals surface area contributed by atoms with E-state index >= 15 is 0 Å². The molecule has 8 heteroatoms. The molecule has 1 aliphatic rings. The highest BCUT2D eigenvalue weighted by Gasteiger charge is 2.26. The predicted molar refractivity (Wildman–Crippen MR) is 91.5 cm³/mol. The predicted octanol–water partition coefficient (Wildman–Crippen LogP) is 3.32. The molecule has 5 nitrogen and oxygen atoms in total. The number of rotatable bonds is 5. The third kappa shape index (κ3) is 4.43. The summed E-state index contributed by atoms with van der Waals surface area (Å²) in [5, 5.41) is 7.12. The van der Waals surface area contributed by atoms with Crippen LogP contribution in [-0.4, -0.2) is 30.4 Å². The van der Waals surface area contributed by atoms with Crippen molar-refractivity contribution in [3.05, 3.63) is 41.6 Å². The SMILES string of the molecule is CCS(=O)(=O)NC1CCC(c2cc(-c3cc(F)cc(F)c3)n[nH]2)CC1. The van der Waals surface area contributed by atoms with E-state index in [1.165, 1.54) is 12.1 Å². The number of sulfonamides is 1. The van der Waals surface area contributed by atoms with Gasteiger partial charge in [-0.2, -0.15) is 5.10 Å². The second kappa shape index (κ2) is 7.21. The minimum Gasteiger partial charge on any atom is -0.282 e. The summed E-state index contributed by atoms with van der Waals surface area (Å²) in [6, 6.07) is 5.12. The molecule has 0 spiro atoms. The standard InChI is InChI=1S/C17H21F2N3O2S/c1-2-25(23,24)22-15-5-3-11(4-6-15)16-10-17(21-20-16)12-7-13(18)9-14(19)8-12/h7-11,15,22H,2-6H2,1H3,(H,20,21). The summed E-state index contributed by atoms with van der Waals surface area (Å²) in [5.41, 5.74) is 1.81. The van der Waals surface area contributed by atoms with Gasteiger partial charge in [0.1, 0.15) is 11.6 Å². The summed E-state index contributed by atoms with van der Waals surface area (Å²) in [6.07, 6.45) is 3.17. The Morgan fingerprint density at radius 2 is 1.76 bits per heavy atom. The van der Waals surface area contributed by atoms with Crippen molar-refractivity contribution >= 4 is 10.0 Å². The van der Waals surface area contributed by atoms with Gasteiger partial charge >= 0.3 is 0 Å². The molecule has 1 fully saturated rings. The number of aromatic nitrogens is 2. The molecule has 1 aliphatic carbocycles. The first-order valence-electron chi connectivity index (χ1n) is 8.38. The number of hydrogen-bond donors (Lipinski definition) is 2. The van der Waals surface area contributed by atoms with Crippen molar-refractivity contribution in [1.82, 2.24) is 14.9 Å². The molecule has 1 heterocycles. The number of nitrogens with one attached hydrogen (secondary N) is 2. The molecule has 136 valence electrons. The van der Waals surface area contributed by atoms with Gasteiger partial charge in [-0.25, -0.2) is 21.9 Å². The highest BCUT2D eigenvalue weighted by atomic mass is 32.2.